The molecule has 0 N–H and O–H groups in total. The van der Waals surface area contributed by atoms with Crippen LogP contribution >= 0.6 is 0 Å². The first-order chi connectivity index (χ1) is 41.6. The summed E-state index contributed by atoms with van der Waals surface area (Å²) < 4.78 is 22.7. The maximum atomic E-state index is 12.9. The molecule has 0 aromatic rings. The van der Waals surface area contributed by atoms with Crippen LogP contribution in [0.2, 0.25) is 0 Å². The molecule has 0 aliphatic carbocycles. The van der Waals surface area contributed by atoms with E-state index in [9.17, 15) is 19.5 Å². The van der Waals surface area contributed by atoms with E-state index in [0.29, 0.717) is 23.9 Å². The van der Waals surface area contributed by atoms with Gasteiger partial charge in [0.15, 0.2) is 12.4 Å². The number of carbonyl (C=O) groups is 3. The molecule has 85 heavy (non-hydrogen) atoms. The number of quaternary nitrogens is 1. The highest BCUT2D eigenvalue weighted by Crippen LogP contribution is 2.17. The smallest absolute Gasteiger partial charge is 0.306 e. The first-order valence-corrected chi connectivity index (χ1v) is 34.7. The Morgan fingerprint density at radius 3 is 1.04 bits per heavy atom. The van der Waals surface area contributed by atoms with E-state index >= 15 is 0 Å². The number of unbranched alkanes of at least 4 members (excludes halogenated alkanes) is 28. The Morgan fingerprint density at radius 2 is 0.682 bits per heavy atom. The number of esters is 2. The first kappa shape index (κ1) is 80.7. The van der Waals surface area contributed by atoms with E-state index in [1.165, 1.54) is 167 Å². The lowest BCUT2D eigenvalue weighted by atomic mass is 10.0. The highest BCUT2D eigenvalue weighted by Gasteiger charge is 2.22. The number of likely N-dealkylation sites (N-methyl/N-ethyl adjacent to an activating group) is 1. The van der Waals surface area contributed by atoms with E-state index in [2.05, 4.69) is 135 Å². The summed E-state index contributed by atoms with van der Waals surface area (Å²) in [6.45, 7) is 4.56. The van der Waals surface area contributed by atoms with Crippen molar-refractivity contribution in [2.24, 2.45) is 0 Å². The van der Waals surface area contributed by atoms with Crippen LogP contribution in [0.4, 0.5) is 0 Å². The summed E-state index contributed by atoms with van der Waals surface area (Å²) in [6.07, 6.45) is 90.2. The number of rotatable bonds is 63. The summed E-state index contributed by atoms with van der Waals surface area (Å²) in [5.74, 6) is -2.37. The minimum absolute atomic E-state index is 0.132. The van der Waals surface area contributed by atoms with Crippen LogP contribution in [0.1, 0.15) is 284 Å². The number of carboxylic acid groups (broad SMARTS) is 1. The van der Waals surface area contributed by atoms with Crippen molar-refractivity contribution in [3.8, 4) is 0 Å². The zero-order chi connectivity index (χ0) is 61.9. The molecule has 0 aromatic heterocycles. The summed E-state index contributed by atoms with van der Waals surface area (Å²) in [5.41, 5.74) is 0. The second kappa shape index (κ2) is 65.7. The molecule has 0 heterocycles. The number of aliphatic carboxylic acids is 1. The zero-order valence-electron chi connectivity index (χ0n) is 55.4. The van der Waals surface area contributed by atoms with Crippen LogP contribution in [0.15, 0.2) is 122 Å². The molecule has 0 aromatic carbocycles. The molecule has 486 valence electrons. The molecule has 0 rings (SSSR count). The molecule has 0 radical (unpaired) electrons. The van der Waals surface area contributed by atoms with Crippen LogP contribution in [0.25, 0.3) is 0 Å². The third kappa shape index (κ3) is 67.1. The minimum atomic E-state index is -1.64. The Morgan fingerprint density at radius 1 is 0.365 bits per heavy atom. The van der Waals surface area contributed by atoms with Gasteiger partial charge in [0.2, 0.25) is 0 Å². The van der Waals surface area contributed by atoms with Gasteiger partial charge in [0.1, 0.15) is 13.2 Å². The van der Waals surface area contributed by atoms with Crippen molar-refractivity contribution in [1.82, 2.24) is 0 Å². The molecule has 0 aliphatic heterocycles. The largest absolute Gasteiger partial charge is 0.545 e. The van der Waals surface area contributed by atoms with Crippen LogP contribution < -0.4 is 5.11 Å². The monoisotopic (exact) mass is 1180 g/mol. The highest BCUT2D eigenvalue weighted by molar-refractivity contribution is 5.70. The van der Waals surface area contributed by atoms with E-state index in [-0.39, 0.29) is 38.6 Å². The average molecular weight is 1180 g/mol. The topological polar surface area (TPSA) is 111 Å². The molecule has 0 bridgehead atoms. The van der Waals surface area contributed by atoms with E-state index < -0.39 is 24.3 Å². The predicted octanol–water partition coefficient (Wildman–Crippen LogP) is 20.2. The Bertz CT molecular complexity index is 1810. The van der Waals surface area contributed by atoms with Gasteiger partial charge >= 0.3 is 11.9 Å². The van der Waals surface area contributed by atoms with Crippen molar-refractivity contribution in [3.63, 3.8) is 0 Å². The maximum Gasteiger partial charge on any atom is 0.306 e. The standard InChI is InChI=1S/C76H129NO8/c1-6-8-10-12-14-16-18-20-22-24-26-28-30-31-32-33-34-35-36-37-38-39-40-41-42-43-45-46-48-50-52-54-56-58-60-62-64-66-73(78)83-70-72(71-84-76(75(80)81)82-69-68-77(3,4)5)85-74(79)67-65-63-61-59-57-55-53-51-49-47-44-29-27-25-23-21-19-17-15-13-11-9-7-2/h9,11,15,17-18,20-21,23-24,26-27,29-31,47,49,53,55,59,61,72,76H,6-8,10,12-14,16,19,22,25,28,32-46,48,50-52,54,56-58,60,62-71H2,1-5H3/b11-9-,17-15-,20-18-,23-21-,26-24-,29-27-,31-30-,49-47-,55-53-,61-59-. The van der Waals surface area contributed by atoms with Crippen molar-refractivity contribution in [3.05, 3.63) is 122 Å². The van der Waals surface area contributed by atoms with Crippen molar-refractivity contribution in [2.45, 2.75) is 296 Å². The SMILES string of the molecule is CC/C=C\C/C=C\C/C=C\C/C=C\C/C=C\C/C=C\C/C=C\CCCC(=O)OC(COC(=O)CCCCCCCCCCCCCCCCCCCCCCCC/C=C\C/C=C\C/C=C\CCCCCCC)COC(OCC[N+](C)(C)C)C(=O)[O-]. The maximum absolute atomic E-state index is 12.9. The fourth-order valence-corrected chi connectivity index (χ4v) is 9.42. The van der Waals surface area contributed by atoms with Crippen LogP contribution in [-0.4, -0.2) is 82.3 Å². The van der Waals surface area contributed by atoms with Crippen molar-refractivity contribution < 1.29 is 42.9 Å². The molecule has 2 atom stereocenters. The van der Waals surface area contributed by atoms with Crippen LogP contribution in [0.5, 0.6) is 0 Å². The van der Waals surface area contributed by atoms with Gasteiger partial charge < -0.3 is 33.3 Å². The lowest BCUT2D eigenvalue weighted by Gasteiger charge is -2.26. The minimum Gasteiger partial charge on any atom is -0.545 e. The number of carbonyl (C=O) groups excluding carboxylic acids is 3. The Balaban J connectivity index is 4.12. The summed E-state index contributed by atoms with van der Waals surface area (Å²) in [7, 11) is 5.90. The van der Waals surface area contributed by atoms with Crippen molar-refractivity contribution in [1.29, 1.82) is 0 Å². The second-order valence-corrected chi connectivity index (χ2v) is 24.1. The summed E-state index contributed by atoms with van der Waals surface area (Å²) in [6, 6.07) is 0. The van der Waals surface area contributed by atoms with Gasteiger partial charge in [-0.3, -0.25) is 9.59 Å². The van der Waals surface area contributed by atoms with Crippen LogP contribution in [-0.2, 0) is 33.3 Å². The summed E-state index contributed by atoms with van der Waals surface area (Å²) >= 11 is 0. The summed E-state index contributed by atoms with van der Waals surface area (Å²) in [4.78, 5) is 37.4. The van der Waals surface area contributed by atoms with Crippen molar-refractivity contribution >= 4 is 17.9 Å². The molecule has 0 spiro atoms. The van der Waals surface area contributed by atoms with Crippen LogP contribution in [0, 0.1) is 0 Å². The Labute approximate surface area is 523 Å². The van der Waals surface area contributed by atoms with E-state index in [4.69, 9.17) is 18.9 Å². The molecule has 9 nitrogen and oxygen atoms in total. The molecule has 2 unspecified atom stereocenters. The predicted molar refractivity (Wildman–Crippen MR) is 361 cm³/mol. The number of nitrogens with zero attached hydrogens (tertiary/aromatic N) is 1. The van der Waals surface area contributed by atoms with Gasteiger partial charge in [-0.2, -0.15) is 0 Å². The molecule has 0 saturated carbocycles. The molecular formula is C76H129NO8. The summed E-state index contributed by atoms with van der Waals surface area (Å²) in [5, 5.41) is 11.8. The van der Waals surface area contributed by atoms with Gasteiger partial charge in [0.25, 0.3) is 0 Å². The van der Waals surface area contributed by atoms with E-state index in [0.717, 1.165) is 77.0 Å². The zero-order valence-corrected chi connectivity index (χ0v) is 55.4. The van der Waals surface area contributed by atoms with Gasteiger partial charge in [0, 0.05) is 12.8 Å². The molecule has 9 heteroatoms. The van der Waals surface area contributed by atoms with Gasteiger partial charge in [-0.05, 0) is 103 Å². The first-order valence-electron chi connectivity index (χ1n) is 34.7. The molecular weight excluding hydrogens is 1050 g/mol. The number of allylic oxidation sites excluding steroid dienone is 20. The lowest BCUT2D eigenvalue weighted by Crippen LogP contribution is -2.44. The normalized spacial score (nSPS) is 13.5. The quantitative estimate of drug-likeness (QED) is 0.0195. The number of ether oxygens (including phenoxy) is 4. The molecule has 0 aliphatic rings. The van der Waals surface area contributed by atoms with E-state index in [1.807, 2.05) is 21.1 Å². The Hall–Kier alpha value is -4.31. The number of carboxylic acids is 1. The third-order valence-electron chi connectivity index (χ3n) is 14.7. The fraction of sp³-hybridized carbons (Fsp3) is 0.697. The number of hydrogen-bond acceptors (Lipinski definition) is 8. The van der Waals surface area contributed by atoms with E-state index in [1.54, 1.807) is 0 Å². The lowest BCUT2D eigenvalue weighted by molar-refractivity contribution is -0.870. The fourth-order valence-electron chi connectivity index (χ4n) is 9.42. The van der Waals surface area contributed by atoms with Crippen molar-refractivity contribution in [2.75, 3.05) is 47.5 Å². The average Bonchev–Trinajstić information content (AvgIpc) is 3.49. The Kier molecular flexibility index (Phi) is 62.3. The second-order valence-electron chi connectivity index (χ2n) is 24.1. The van der Waals surface area contributed by atoms with Gasteiger partial charge in [0.05, 0.1) is 40.3 Å². The molecule has 0 saturated heterocycles. The van der Waals surface area contributed by atoms with Gasteiger partial charge in [-0.1, -0.05) is 289 Å². The van der Waals surface area contributed by atoms with Crippen LogP contribution in [0.3, 0.4) is 0 Å². The van der Waals surface area contributed by atoms with Gasteiger partial charge in [-0.15, -0.1) is 0 Å². The highest BCUT2D eigenvalue weighted by atomic mass is 16.7. The molecule has 0 amide bonds. The molecule has 0 fully saturated rings. The third-order valence-corrected chi connectivity index (χ3v) is 14.7. The number of hydrogen-bond donors (Lipinski definition) is 0. The van der Waals surface area contributed by atoms with Gasteiger partial charge in [-0.25, -0.2) is 0 Å².